The minimum atomic E-state index is -1.13. The Morgan fingerprint density at radius 1 is 1.00 bits per heavy atom. The number of carboxylic acid groups (broad SMARTS) is 1. The number of carbonyl (C=O) groups excluding carboxylic acids is 1. The molecule has 162 valence electrons. The zero-order valence-electron chi connectivity index (χ0n) is 17.9. The van der Waals surface area contributed by atoms with Gasteiger partial charge in [0.2, 0.25) is 0 Å². The van der Waals surface area contributed by atoms with E-state index in [2.05, 4.69) is 6.92 Å². The van der Waals surface area contributed by atoms with Gasteiger partial charge in [-0.05, 0) is 47.9 Å². The van der Waals surface area contributed by atoms with Gasteiger partial charge in [-0.1, -0.05) is 50.6 Å². The number of carbonyl (C=O) groups is 2. The third-order valence-corrected chi connectivity index (χ3v) is 5.07. The van der Waals surface area contributed by atoms with Crippen LogP contribution in [-0.2, 0) is 0 Å². The molecule has 0 saturated carbocycles. The van der Waals surface area contributed by atoms with Crippen LogP contribution in [0.2, 0.25) is 0 Å². The SMILES string of the molecule is CCC(C)COc1ccc(C(=O)Oc2cc(C(=O)O)ccc2-c2ccccc2)cc1C#N. The van der Waals surface area contributed by atoms with E-state index in [1.807, 2.05) is 43.3 Å². The Morgan fingerprint density at radius 2 is 1.72 bits per heavy atom. The summed E-state index contributed by atoms with van der Waals surface area (Å²) < 4.78 is 11.3. The third-order valence-electron chi connectivity index (χ3n) is 5.07. The smallest absolute Gasteiger partial charge is 0.343 e. The molecule has 32 heavy (non-hydrogen) atoms. The van der Waals surface area contributed by atoms with E-state index >= 15 is 0 Å². The van der Waals surface area contributed by atoms with Crippen LogP contribution in [0.4, 0.5) is 0 Å². The van der Waals surface area contributed by atoms with Gasteiger partial charge >= 0.3 is 11.9 Å². The third kappa shape index (κ3) is 5.32. The second-order valence-electron chi connectivity index (χ2n) is 7.42. The molecule has 3 aromatic carbocycles. The monoisotopic (exact) mass is 429 g/mol. The standard InChI is InChI=1S/C26H23NO5/c1-3-17(2)16-31-23-12-10-20(13-21(23)15-27)26(30)32-24-14-19(25(28)29)9-11-22(24)18-7-5-4-6-8-18/h4-14,17H,3,16H2,1-2H3,(H,28,29). The molecule has 0 aliphatic rings. The molecule has 0 radical (unpaired) electrons. The summed E-state index contributed by atoms with van der Waals surface area (Å²) in [4.78, 5) is 24.3. The number of ether oxygens (including phenoxy) is 2. The highest BCUT2D eigenvalue weighted by atomic mass is 16.5. The number of hydrogen-bond donors (Lipinski definition) is 1. The van der Waals surface area contributed by atoms with Crippen molar-refractivity contribution in [3.05, 3.63) is 83.4 Å². The van der Waals surface area contributed by atoms with Crippen LogP contribution in [0.1, 0.15) is 46.5 Å². The van der Waals surface area contributed by atoms with Crippen molar-refractivity contribution in [3.63, 3.8) is 0 Å². The fourth-order valence-corrected chi connectivity index (χ4v) is 2.97. The van der Waals surface area contributed by atoms with Crippen molar-refractivity contribution in [1.29, 1.82) is 5.26 Å². The molecule has 0 bridgehead atoms. The van der Waals surface area contributed by atoms with Crippen LogP contribution in [0.5, 0.6) is 11.5 Å². The molecule has 0 spiro atoms. The zero-order valence-corrected chi connectivity index (χ0v) is 17.9. The normalized spacial score (nSPS) is 11.3. The second-order valence-corrected chi connectivity index (χ2v) is 7.42. The van der Waals surface area contributed by atoms with E-state index in [9.17, 15) is 20.0 Å². The van der Waals surface area contributed by atoms with Gasteiger partial charge in [0.15, 0.2) is 0 Å². The number of nitrogens with zero attached hydrogens (tertiary/aromatic N) is 1. The van der Waals surface area contributed by atoms with E-state index in [1.165, 1.54) is 24.3 Å². The summed E-state index contributed by atoms with van der Waals surface area (Å²) in [6.45, 7) is 4.58. The number of esters is 1. The molecule has 0 aromatic heterocycles. The summed E-state index contributed by atoms with van der Waals surface area (Å²) in [5, 5.41) is 18.8. The molecule has 0 fully saturated rings. The predicted octanol–water partition coefficient (Wildman–Crippen LogP) is 5.57. The van der Waals surface area contributed by atoms with Crippen molar-refractivity contribution >= 4 is 11.9 Å². The lowest BCUT2D eigenvalue weighted by molar-refractivity contribution is 0.0688. The summed E-state index contributed by atoms with van der Waals surface area (Å²) in [6.07, 6.45) is 0.950. The van der Waals surface area contributed by atoms with Crippen molar-refractivity contribution in [1.82, 2.24) is 0 Å². The number of aromatic carboxylic acids is 1. The Hall–Kier alpha value is -4.11. The van der Waals surface area contributed by atoms with Gasteiger partial charge in [0.05, 0.1) is 23.3 Å². The fraction of sp³-hybridized carbons (Fsp3) is 0.192. The van der Waals surface area contributed by atoms with Gasteiger partial charge in [-0.15, -0.1) is 0 Å². The Bertz CT molecular complexity index is 1160. The Labute approximate surface area is 186 Å². The first-order valence-electron chi connectivity index (χ1n) is 10.2. The van der Waals surface area contributed by atoms with Gasteiger partial charge in [0.25, 0.3) is 0 Å². The van der Waals surface area contributed by atoms with E-state index in [1.54, 1.807) is 12.1 Å². The molecule has 0 saturated heterocycles. The molecule has 1 unspecified atom stereocenters. The number of hydrogen-bond acceptors (Lipinski definition) is 5. The molecule has 0 amide bonds. The van der Waals surface area contributed by atoms with Crippen molar-refractivity contribution < 1.29 is 24.2 Å². The van der Waals surface area contributed by atoms with Gasteiger partial charge in [-0.2, -0.15) is 5.26 Å². The summed E-state index contributed by atoms with van der Waals surface area (Å²) >= 11 is 0. The predicted molar refractivity (Wildman–Crippen MR) is 120 cm³/mol. The van der Waals surface area contributed by atoms with Crippen LogP contribution < -0.4 is 9.47 Å². The highest BCUT2D eigenvalue weighted by Crippen LogP contribution is 2.32. The first-order chi connectivity index (χ1) is 15.4. The molecule has 0 heterocycles. The summed E-state index contributed by atoms with van der Waals surface area (Å²) in [5.74, 6) is -0.964. The van der Waals surface area contributed by atoms with Crippen molar-refractivity contribution in [2.45, 2.75) is 20.3 Å². The van der Waals surface area contributed by atoms with Crippen molar-refractivity contribution in [3.8, 4) is 28.7 Å². The van der Waals surface area contributed by atoms with Gasteiger partial charge in [0, 0.05) is 5.56 Å². The summed E-state index contributed by atoms with van der Waals surface area (Å²) in [5.41, 5.74) is 1.75. The maximum Gasteiger partial charge on any atom is 0.343 e. The largest absolute Gasteiger partial charge is 0.492 e. The van der Waals surface area contributed by atoms with E-state index in [-0.39, 0.29) is 22.4 Å². The average molecular weight is 429 g/mol. The first kappa shape index (κ1) is 22.6. The highest BCUT2D eigenvalue weighted by Gasteiger charge is 2.17. The van der Waals surface area contributed by atoms with E-state index < -0.39 is 11.9 Å². The van der Waals surface area contributed by atoms with Crippen LogP contribution in [0.3, 0.4) is 0 Å². The molecular formula is C26H23NO5. The van der Waals surface area contributed by atoms with E-state index in [0.29, 0.717) is 23.8 Å². The molecule has 6 heteroatoms. The number of nitriles is 1. The number of rotatable bonds is 8. The molecule has 3 rings (SSSR count). The van der Waals surface area contributed by atoms with Gasteiger partial charge in [-0.25, -0.2) is 9.59 Å². The van der Waals surface area contributed by atoms with Gasteiger partial charge in [-0.3, -0.25) is 0 Å². The van der Waals surface area contributed by atoms with Gasteiger partial charge in [0.1, 0.15) is 17.6 Å². The minimum Gasteiger partial charge on any atom is -0.492 e. The second kappa shape index (κ2) is 10.3. The maximum atomic E-state index is 12.9. The Balaban J connectivity index is 1.90. The average Bonchev–Trinajstić information content (AvgIpc) is 2.82. The van der Waals surface area contributed by atoms with Crippen LogP contribution in [0, 0.1) is 17.2 Å². The summed E-state index contributed by atoms with van der Waals surface area (Å²) in [6, 6.07) is 20.1. The van der Waals surface area contributed by atoms with Crippen molar-refractivity contribution in [2.75, 3.05) is 6.61 Å². The molecule has 3 aromatic rings. The van der Waals surface area contributed by atoms with Crippen molar-refractivity contribution in [2.24, 2.45) is 5.92 Å². The lowest BCUT2D eigenvalue weighted by Gasteiger charge is -2.14. The fourth-order valence-electron chi connectivity index (χ4n) is 2.97. The zero-order chi connectivity index (χ0) is 23.1. The van der Waals surface area contributed by atoms with Crippen LogP contribution >= 0.6 is 0 Å². The molecule has 0 aliphatic heterocycles. The van der Waals surface area contributed by atoms with Crippen LogP contribution in [0.25, 0.3) is 11.1 Å². The van der Waals surface area contributed by atoms with Crippen LogP contribution in [-0.4, -0.2) is 23.7 Å². The lowest BCUT2D eigenvalue weighted by Crippen LogP contribution is -2.12. The van der Waals surface area contributed by atoms with E-state index in [4.69, 9.17) is 9.47 Å². The topological polar surface area (TPSA) is 96.6 Å². The maximum absolute atomic E-state index is 12.9. The Kier molecular flexibility index (Phi) is 7.25. The Morgan fingerprint density at radius 3 is 2.38 bits per heavy atom. The number of benzene rings is 3. The molecule has 1 N–H and O–H groups in total. The highest BCUT2D eigenvalue weighted by molar-refractivity contribution is 5.94. The van der Waals surface area contributed by atoms with Gasteiger partial charge < -0.3 is 14.6 Å². The lowest BCUT2D eigenvalue weighted by atomic mass is 10.0. The summed E-state index contributed by atoms with van der Waals surface area (Å²) in [7, 11) is 0. The quantitative estimate of drug-likeness (QED) is 0.372. The first-order valence-corrected chi connectivity index (χ1v) is 10.2. The molecule has 6 nitrogen and oxygen atoms in total. The minimum absolute atomic E-state index is 0.000938. The van der Waals surface area contributed by atoms with E-state index in [0.717, 1.165) is 12.0 Å². The van der Waals surface area contributed by atoms with Crippen LogP contribution in [0.15, 0.2) is 66.7 Å². The molecular weight excluding hydrogens is 406 g/mol. The molecule has 0 aliphatic carbocycles. The number of carboxylic acids is 1. The molecule has 1 atom stereocenters.